The van der Waals surface area contributed by atoms with Crippen LogP contribution in [0, 0.1) is 0 Å². The van der Waals surface area contributed by atoms with Gasteiger partial charge in [0.05, 0.1) is 19.6 Å². The molecule has 1 aromatic carbocycles. The number of carbonyl (C=O) groups is 3. The number of para-hydroxylation sites is 2. The number of hydrogen-bond donors (Lipinski definition) is 1. The van der Waals surface area contributed by atoms with Gasteiger partial charge in [-0.2, -0.15) is 0 Å². The minimum atomic E-state index is -0.572. The van der Waals surface area contributed by atoms with Gasteiger partial charge in [0.2, 0.25) is 0 Å². The minimum Gasteiger partial charge on any atom is -0.490 e. The molecule has 130 valence electrons. The lowest BCUT2D eigenvalue weighted by Crippen LogP contribution is -2.37. The number of benzene rings is 1. The zero-order chi connectivity index (χ0) is 17.4. The summed E-state index contributed by atoms with van der Waals surface area (Å²) in [6.45, 7) is 2.71. The molecular weight excluding hydrogens is 316 g/mol. The van der Waals surface area contributed by atoms with Crippen molar-refractivity contribution in [2.75, 3.05) is 32.9 Å². The van der Waals surface area contributed by atoms with Gasteiger partial charge >= 0.3 is 12.0 Å². The summed E-state index contributed by atoms with van der Waals surface area (Å²) in [6.07, 6.45) is -0.0140. The highest BCUT2D eigenvalue weighted by atomic mass is 16.5. The van der Waals surface area contributed by atoms with Crippen molar-refractivity contribution in [3.63, 3.8) is 0 Å². The van der Waals surface area contributed by atoms with E-state index < -0.39 is 24.5 Å². The van der Waals surface area contributed by atoms with Crippen molar-refractivity contribution >= 4 is 17.9 Å². The molecule has 24 heavy (non-hydrogen) atoms. The van der Waals surface area contributed by atoms with Crippen molar-refractivity contribution in [2.24, 2.45) is 0 Å². The second kappa shape index (κ2) is 8.76. The molecule has 0 aromatic heterocycles. The fourth-order valence-corrected chi connectivity index (χ4v) is 2.09. The predicted octanol–water partition coefficient (Wildman–Crippen LogP) is 0.949. The summed E-state index contributed by atoms with van der Waals surface area (Å²) in [7, 11) is 0. The first-order valence-electron chi connectivity index (χ1n) is 7.70. The molecule has 0 saturated carbocycles. The predicted molar refractivity (Wildman–Crippen MR) is 83.8 cm³/mol. The van der Waals surface area contributed by atoms with Gasteiger partial charge in [0, 0.05) is 13.1 Å². The molecule has 0 bridgehead atoms. The summed E-state index contributed by atoms with van der Waals surface area (Å²) in [5, 5.41) is 2.50. The van der Waals surface area contributed by atoms with Crippen molar-refractivity contribution < 1.29 is 28.6 Å². The Bertz CT molecular complexity index is 604. The SMILES string of the molecule is CCOc1ccccc1OCCC(=O)OCC(=O)N1CCNC1=O. The molecule has 0 atom stereocenters. The molecule has 1 heterocycles. The Balaban J connectivity index is 1.70. The third-order valence-corrected chi connectivity index (χ3v) is 3.23. The molecule has 1 fully saturated rings. The molecule has 0 aliphatic carbocycles. The lowest BCUT2D eigenvalue weighted by molar-refractivity contribution is -0.151. The van der Waals surface area contributed by atoms with Crippen LogP contribution in [0.4, 0.5) is 4.79 Å². The fourth-order valence-electron chi connectivity index (χ4n) is 2.09. The number of amides is 3. The van der Waals surface area contributed by atoms with E-state index in [1.54, 1.807) is 18.2 Å². The monoisotopic (exact) mass is 336 g/mol. The zero-order valence-corrected chi connectivity index (χ0v) is 13.4. The lowest BCUT2D eigenvalue weighted by atomic mass is 10.3. The maximum atomic E-state index is 11.7. The van der Waals surface area contributed by atoms with Crippen LogP contribution in [0.2, 0.25) is 0 Å². The van der Waals surface area contributed by atoms with E-state index in [4.69, 9.17) is 14.2 Å². The van der Waals surface area contributed by atoms with Crippen molar-refractivity contribution in [2.45, 2.75) is 13.3 Å². The molecular formula is C16H20N2O6. The average molecular weight is 336 g/mol. The van der Waals surface area contributed by atoms with Crippen LogP contribution in [-0.2, 0) is 14.3 Å². The number of rotatable bonds is 8. The molecule has 2 rings (SSSR count). The normalized spacial score (nSPS) is 13.4. The van der Waals surface area contributed by atoms with Gasteiger partial charge in [-0.05, 0) is 19.1 Å². The van der Waals surface area contributed by atoms with Crippen LogP contribution in [0.25, 0.3) is 0 Å². The van der Waals surface area contributed by atoms with E-state index in [2.05, 4.69) is 5.32 Å². The molecule has 3 amide bonds. The van der Waals surface area contributed by atoms with E-state index in [9.17, 15) is 14.4 Å². The Morgan fingerprint density at radius 1 is 1.21 bits per heavy atom. The van der Waals surface area contributed by atoms with Crippen LogP contribution >= 0.6 is 0 Å². The third kappa shape index (κ3) is 4.87. The van der Waals surface area contributed by atoms with Crippen LogP contribution in [0.3, 0.4) is 0 Å². The summed E-state index contributed by atoms with van der Waals surface area (Å²) in [4.78, 5) is 35.7. The van der Waals surface area contributed by atoms with Crippen molar-refractivity contribution in [3.05, 3.63) is 24.3 Å². The molecule has 1 aliphatic heterocycles. The van der Waals surface area contributed by atoms with Crippen LogP contribution < -0.4 is 14.8 Å². The molecule has 1 saturated heterocycles. The molecule has 0 unspecified atom stereocenters. The fraction of sp³-hybridized carbons (Fsp3) is 0.438. The Hall–Kier alpha value is -2.77. The Morgan fingerprint density at radius 3 is 2.54 bits per heavy atom. The minimum absolute atomic E-state index is 0.0140. The maximum absolute atomic E-state index is 11.7. The smallest absolute Gasteiger partial charge is 0.324 e. The van der Waals surface area contributed by atoms with Gasteiger partial charge in [-0.15, -0.1) is 0 Å². The molecule has 8 nitrogen and oxygen atoms in total. The molecule has 1 aromatic rings. The van der Waals surface area contributed by atoms with Crippen molar-refractivity contribution in [1.29, 1.82) is 0 Å². The van der Waals surface area contributed by atoms with Gasteiger partial charge in [0.15, 0.2) is 18.1 Å². The Morgan fingerprint density at radius 2 is 1.92 bits per heavy atom. The quantitative estimate of drug-likeness (QED) is 0.710. The van der Waals surface area contributed by atoms with Crippen LogP contribution in [-0.4, -0.2) is 55.7 Å². The highest BCUT2D eigenvalue weighted by molar-refractivity contribution is 5.96. The van der Waals surface area contributed by atoms with Crippen LogP contribution in [0.5, 0.6) is 11.5 Å². The first kappa shape index (κ1) is 17.6. The number of carbonyl (C=O) groups excluding carboxylic acids is 3. The highest BCUT2D eigenvalue weighted by Gasteiger charge is 2.26. The van der Waals surface area contributed by atoms with Gasteiger partial charge in [-0.25, -0.2) is 4.79 Å². The van der Waals surface area contributed by atoms with Crippen molar-refractivity contribution in [3.8, 4) is 11.5 Å². The number of urea groups is 1. The number of imide groups is 1. The van der Waals surface area contributed by atoms with E-state index >= 15 is 0 Å². The average Bonchev–Trinajstić information content (AvgIpc) is 3.00. The maximum Gasteiger partial charge on any atom is 0.324 e. The van der Waals surface area contributed by atoms with Gasteiger partial charge in [0.1, 0.15) is 0 Å². The Labute approximate surface area is 139 Å². The van der Waals surface area contributed by atoms with E-state index in [0.717, 1.165) is 4.90 Å². The summed E-state index contributed by atoms with van der Waals surface area (Å²) >= 11 is 0. The van der Waals surface area contributed by atoms with Gasteiger partial charge in [-0.1, -0.05) is 12.1 Å². The topological polar surface area (TPSA) is 94.2 Å². The summed E-state index contributed by atoms with van der Waals surface area (Å²) in [5.41, 5.74) is 0. The van der Waals surface area contributed by atoms with E-state index in [0.29, 0.717) is 24.7 Å². The van der Waals surface area contributed by atoms with Gasteiger partial charge in [0.25, 0.3) is 5.91 Å². The first-order chi connectivity index (χ1) is 11.6. The number of nitrogens with one attached hydrogen (secondary N) is 1. The van der Waals surface area contributed by atoms with Gasteiger partial charge < -0.3 is 19.5 Å². The molecule has 1 aliphatic rings. The summed E-state index contributed by atoms with van der Waals surface area (Å²) in [6, 6.07) is 6.68. The molecule has 1 N–H and O–H groups in total. The number of ether oxygens (including phenoxy) is 3. The zero-order valence-electron chi connectivity index (χ0n) is 13.4. The highest BCUT2D eigenvalue weighted by Crippen LogP contribution is 2.26. The second-order valence-electron chi connectivity index (χ2n) is 4.92. The van der Waals surface area contributed by atoms with E-state index in [1.807, 2.05) is 13.0 Å². The first-order valence-corrected chi connectivity index (χ1v) is 7.70. The Kier molecular flexibility index (Phi) is 6.41. The van der Waals surface area contributed by atoms with Crippen molar-refractivity contribution in [1.82, 2.24) is 10.2 Å². The molecule has 0 spiro atoms. The largest absolute Gasteiger partial charge is 0.490 e. The van der Waals surface area contributed by atoms with Crippen LogP contribution in [0.15, 0.2) is 24.3 Å². The second-order valence-corrected chi connectivity index (χ2v) is 4.92. The standard InChI is InChI=1S/C16H20N2O6/c1-2-22-12-5-3-4-6-13(12)23-10-7-15(20)24-11-14(19)18-9-8-17-16(18)21/h3-6H,2,7-11H2,1H3,(H,17,21). The number of hydrogen-bond acceptors (Lipinski definition) is 6. The lowest BCUT2D eigenvalue weighted by Gasteiger charge is -2.13. The summed E-state index contributed by atoms with van der Waals surface area (Å²) in [5.74, 6) is 0.0263. The van der Waals surface area contributed by atoms with E-state index in [-0.39, 0.29) is 19.6 Å². The third-order valence-electron chi connectivity index (χ3n) is 3.23. The van der Waals surface area contributed by atoms with E-state index in [1.165, 1.54) is 0 Å². The number of esters is 1. The number of nitrogens with zero attached hydrogens (tertiary/aromatic N) is 1. The van der Waals surface area contributed by atoms with Crippen LogP contribution in [0.1, 0.15) is 13.3 Å². The van der Waals surface area contributed by atoms with Gasteiger partial charge in [-0.3, -0.25) is 14.5 Å². The summed E-state index contributed by atoms with van der Waals surface area (Å²) < 4.78 is 15.8. The molecule has 8 heteroatoms. The molecule has 0 radical (unpaired) electrons.